The average molecular weight is 263 g/mol. The first-order valence-corrected chi connectivity index (χ1v) is 6.80. The molecular weight excluding hydrogens is 242 g/mol. The van der Waals surface area contributed by atoms with Crippen molar-refractivity contribution >= 4 is 5.91 Å². The highest BCUT2D eigenvalue weighted by atomic mass is 16.3. The third kappa shape index (κ3) is 3.44. The van der Waals surface area contributed by atoms with E-state index in [1.165, 1.54) is 12.3 Å². The van der Waals surface area contributed by atoms with Gasteiger partial charge in [0.25, 0.3) is 5.91 Å². The fourth-order valence-electron chi connectivity index (χ4n) is 2.48. The number of amides is 1. The Balaban J connectivity index is 1.91. The summed E-state index contributed by atoms with van der Waals surface area (Å²) in [5.41, 5.74) is 0.163. The normalized spacial score (nSPS) is 16.6. The maximum absolute atomic E-state index is 12.2. The molecule has 1 aliphatic heterocycles. The van der Waals surface area contributed by atoms with E-state index in [0.29, 0.717) is 5.92 Å². The molecule has 0 radical (unpaired) electrons. The number of hydrogen-bond acceptors (Lipinski definition) is 4. The van der Waals surface area contributed by atoms with Crippen LogP contribution >= 0.6 is 0 Å². The Labute approximate surface area is 113 Å². The minimum absolute atomic E-state index is 0.0372. The van der Waals surface area contributed by atoms with Gasteiger partial charge in [0, 0.05) is 19.3 Å². The van der Waals surface area contributed by atoms with E-state index in [-0.39, 0.29) is 17.4 Å². The molecule has 1 fully saturated rings. The minimum Gasteiger partial charge on any atom is -0.505 e. The summed E-state index contributed by atoms with van der Waals surface area (Å²) in [7, 11) is 1.96. The fourth-order valence-corrected chi connectivity index (χ4v) is 2.48. The van der Waals surface area contributed by atoms with Crippen molar-refractivity contribution in [3.8, 4) is 5.75 Å². The lowest BCUT2D eigenvalue weighted by Gasteiger charge is -2.31. The Morgan fingerprint density at radius 1 is 1.53 bits per heavy atom. The average Bonchev–Trinajstić information content (AvgIpc) is 2.45. The third-order valence-corrected chi connectivity index (χ3v) is 3.69. The zero-order valence-electron chi connectivity index (χ0n) is 11.3. The van der Waals surface area contributed by atoms with Gasteiger partial charge in [-0.1, -0.05) is 0 Å². The number of hydrogen-bond donors (Lipinski definition) is 2. The van der Waals surface area contributed by atoms with E-state index in [9.17, 15) is 9.90 Å². The second-order valence-corrected chi connectivity index (χ2v) is 5.00. The standard InChI is InChI=1S/C14H21N3O2/c1-15-8-4-11-5-9-17(10-6-11)14(19)13-12(18)3-2-7-16-13/h2-3,7,11,15,18H,4-6,8-10H2,1H3. The molecule has 1 amide bonds. The van der Waals surface area contributed by atoms with Gasteiger partial charge in [-0.15, -0.1) is 0 Å². The Morgan fingerprint density at radius 2 is 2.26 bits per heavy atom. The predicted octanol–water partition coefficient (Wildman–Crippen LogP) is 1.25. The van der Waals surface area contributed by atoms with E-state index < -0.39 is 0 Å². The van der Waals surface area contributed by atoms with E-state index in [0.717, 1.165) is 38.9 Å². The van der Waals surface area contributed by atoms with Gasteiger partial charge in [-0.05, 0) is 50.9 Å². The van der Waals surface area contributed by atoms with Crippen LogP contribution in [-0.2, 0) is 0 Å². The Bertz CT molecular complexity index is 428. The van der Waals surface area contributed by atoms with Crippen LogP contribution < -0.4 is 5.32 Å². The largest absolute Gasteiger partial charge is 0.505 e. The third-order valence-electron chi connectivity index (χ3n) is 3.69. The van der Waals surface area contributed by atoms with Crippen molar-refractivity contribution in [2.75, 3.05) is 26.7 Å². The van der Waals surface area contributed by atoms with Crippen molar-refractivity contribution in [1.29, 1.82) is 0 Å². The number of aromatic nitrogens is 1. The van der Waals surface area contributed by atoms with Gasteiger partial charge in [0.05, 0.1) is 0 Å². The van der Waals surface area contributed by atoms with E-state index in [1.54, 1.807) is 11.0 Å². The maximum Gasteiger partial charge on any atom is 0.276 e. The first kappa shape index (κ1) is 13.8. The van der Waals surface area contributed by atoms with Gasteiger partial charge in [0.1, 0.15) is 5.75 Å². The molecule has 5 heteroatoms. The predicted molar refractivity (Wildman–Crippen MR) is 73.1 cm³/mol. The summed E-state index contributed by atoms with van der Waals surface area (Å²) in [6.45, 7) is 2.53. The number of likely N-dealkylation sites (tertiary alicyclic amines) is 1. The van der Waals surface area contributed by atoms with Gasteiger partial charge >= 0.3 is 0 Å². The fraction of sp³-hybridized carbons (Fsp3) is 0.571. The maximum atomic E-state index is 12.2. The van der Waals surface area contributed by atoms with E-state index in [2.05, 4.69) is 10.3 Å². The molecule has 1 aliphatic rings. The zero-order chi connectivity index (χ0) is 13.7. The van der Waals surface area contributed by atoms with Gasteiger partial charge in [-0.2, -0.15) is 0 Å². The molecule has 0 unspecified atom stereocenters. The summed E-state index contributed by atoms with van der Waals surface area (Å²) < 4.78 is 0. The van der Waals surface area contributed by atoms with Gasteiger partial charge in [0.15, 0.2) is 5.69 Å². The van der Waals surface area contributed by atoms with Crippen LogP contribution in [0.4, 0.5) is 0 Å². The molecule has 2 heterocycles. The van der Waals surface area contributed by atoms with Crippen molar-refractivity contribution < 1.29 is 9.90 Å². The van der Waals surface area contributed by atoms with Crippen LogP contribution in [0.2, 0.25) is 0 Å². The molecular formula is C14H21N3O2. The summed E-state index contributed by atoms with van der Waals surface area (Å²) in [6, 6.07) is 3.12. The number of pyridine rings is 1. The summed E-state index contributed by atoms with van der Waals surface area (Å²) in [5, 5.41) is 12.8. The van der Waals surface area contributed by atoms with Crippen LogP contribution in [0.3, 0.4) is 0 Å². The van der Waals surface area contributed by atoms with Gasteiger partial charge in [-0.25, -0.2) is 4.98 Å². The molecule has 1 saturated heterocycles. The topological polar surface area (TPSA) is 65.5 Å². The minimum atomic E-state index is -0.162. The summed E-state index contributed by atoms with van der Waals surface area (Å²) in [5.74, 6) is 0.490. The highest BCUT2D eigenvalue weighted by Gasteiger charge is 2.25. The molecule has 104 valence electrons. The number of nitrogens with zero attached hydrogens (tertiary/aromatic N) is 2. The van der Waals surface area contributed by atoms with Crippen molar-refractivity contribution in [2.24, 2.45) is 5.92 Å². The van der Waals surface area contributed by atoms with Crippen LogP contribution in [0, 0.1) is 5.92 Å². The van der Waals surface area contributed by atoms with Crippen molar-refractivity contribution in [2.45, 2.75) is 19.3 Å². The molecule has 2 rings (SSSR count). The Kier molecular flexibility index (Phi) is 4.74. The van der Waals surface area contributed by atoms with Crippen LogP contribution in [0.15, 0.2) is 18.3 Å². The lowest BCUT2D eigenvalue weighted by Crippen LogP contribution is -2.39. The molecule has 19 heavy (non-hydrogen) atoms. The molecule has 0 aromatic carbocycles. The molecule has 0 saturated carbocycles. The smallest absolute Gasteiger partial charge is 0.276 e. The number of carbonyl (C=O) groups excluding carboxylic acids is 1. The Hall–Kier alpha value is -1.62. The van der Waals surface area contributed by atoms with Crippen molar-refractivity contribution in [1.82, 2.24) is 15.2 Å². The number of piperidine rings is 1. The van der Waals surface area contributed by atoms with E-state index >= 15 is 0 Å². The highest BCUT2D eigenvalue weighted by Crippen LogP contribution is 2.23. The number of aromatic hydroxyl groups is 1. The lowest BCUT2D eigenvalue weighted by atomic mass is 9.93. The molecule has 2 N–H and O–H groups in total. The summed E-state index contributed by atoms with van der Waals surface area (Å²) in [6.07, 6.45) is 4.75. The van der Waals surface area contributed by atoms with Crippen LogP contribution in [0.5, 0.6) is 5.75 Å². The molecule has 1 aromatic rings. The number of rotatable bonds is 4. The Morgan fingerprint density at radius 3 is 2.89 bits per heavy atom. The summed E-state index contributed by atoms with van der Waals surface area (Å²) >= 11 is 0. The van der Waals surface area contributed by atoms with Crippen molar-refractivity contribution in [3.05, 3.63) is 24.0 Å². The van der Waals surface area contributed by atoms with Gasteiger partial charge in [0.2, 0.25) is 0 Å². The van der Waals surface area contributed by atoms with Crippen LogP contribution in [-0.4, -0.2) is 47.6 Å². The summed E-state index contributed by atoms with van der Waals surface area (Å²) in [4.78, 5) is 18.0. The second kappa shape index (κ2) is 6.52. The van der Waals surface area contributed by atoms with Gasteiger partial charge < -0.3 is 15.3 Å². The molecule has 5 nitrogen and oxygen atoms in total. The molecule has 1 aromatic heterocycles. The molecule has 0 atom stereocenters. The number of carbonyl (C=O) groups is 1. The van der Waals surface area contributed by atoms with Crippen LogP contribution in [0.25, 0.3) is 0 Å². The lowest BCUT2D eigenvalue weighted by molar-refractivity contribution is 0.0678. The van der Waals surface area contributed by atoms with E-state index in [4.69, 9.17) is 0 Å². The first-order chi connectivity index (χ1) is 9.22. The van der Waals surface area contributed by atoms with Crippen LogP contribution in [0.1, 0.15) is 29.8 Å². The number of nitrogens with one attached hydrogen (secondary N) is 1. The van der Waals surface area contributed by atoms with E-state index in [1.807, 2.05) is 7.05 Å². The second-order valence-electron chi connectivity index (χ2n) is 5.00. The monoisotopic (exact) mass is 263 g/mol. The zero-order valence-corrected chi connectivity index (χ0v) is 11.3. The molecule has 0 aliphatic carbocycles. The van der Waals surface area contributed by atoms with Gasteiger partial charge in [-0.3, -0.25) is 4.79 Å². The molecule has 0 bridgehead atoms. The first-order valence-electron chi connectivity index (χ1n) is 6.80. The van der Waals surface area contributed by atoms with Crippen molar-refractivity contribution in [3.63, 3.8) is 0 Å². The quantitative estimate of drug-likeness (QED) is 0.858. The molecule has 0 spiro atoms. The SMILES string of the molecule is CNCCC1CCN(C(=O)c2ncccc2O)CC1. The highest BCUT2D eigenvalue weighted by molar-refractivity contribution is 5.94.